The predicted octanol–water partition coefficient (Wildman–Crippen LogP) is 5.34. The second-order valence-corrected chi connectivity index (χ2v) is 6.31. The van der Waals surface area contributed by atoms with Crippen LogP contribution < -0.4 is 9.64 Å². The average Bonchev–Trinajstić information content (AvgIpc) is 2.60. The van der Waals surface area contributed by atoms with Crippen LogP contribution in [-0.2, 0) is 0 Å². The molecule has 1 N–H and O–H groups in total. The number of aromatic hydroxyl groups is 1. The molecule has 0 amide bonds. The van der Waals surface area contributed by atoms with Crippen molar-refractivity contribution in [3.63, 3.8) is 0 Å². The normalized spacial score (nSPS) is 12.5. The molecule has 0 atom stereocenters. The van der Waals surface area contributed by atoms with Crippen molar-refractivity contribution in [2.45, 2.75) is 9.79 Å². The van der Waals surface area contributed by atoms with Crippen molar-refractivity contribution >= 4 is 28.8 Å². The Bertz CT molecular complexity index is 833. The van der Waals surface area contributed by atoms with Gasteiger partial charge in [0.1, 0.15) is 11.5 Å². The first-order valence-electron chi connectivity index (χ1n) is 7.31. The zero-order valence-electron chi connectivity index (χ0n) is 12.6. The Morgan fingerprint density at radius 2 is 1.43 bits per heavy atom. The molecule has 0 saturated carbocycles. The Hall–Kier alpha value is -2.59. The van der Waals surface area contributed by atoms with Crippen LogP contribution >= 0.6 is 11.8 Å². The molecule has 4 rings (SSSR count). The van der Waals surface area contributed by atoms with Crippen LogP contribution in [0.3, 0.4) is 0 Å². The lowest BCUT2D eigenvalue weighted by Gasteiger charge is -2.33. The fourth-order valence-corrected chi connectivity index (χ4v) is 3.83. The highest BCUT2D eigenvalue weighted by Gasteiger charge is 2.26. The molecular weight excluding hydrogens is 306 g/mol. The number of phenols is 1. The number of methoxy groups -OCH3 is 1. The lowest BCUT2D eigenvalue weighted by molar-refractivity contribution is 0.412. The smallest absolute Gasteiger partial charge is 0.139 e. The molecule has 0 radical (unpaired) electrons. The highest BCUT2D eigenvalue weighted by Crippen LogP contribution is 2.53. The summed E-state index contributed by atoms with van der Waals surface area (Å²) in [5.74, 6) is 0.938. The molecule has 0 aromatic heterocycles. The van der Waals surface area contributed by atoms with Gasteiger partial charge >= 0.3 is 0 Å². The van der Waals surface area contributed by atoms with Gasteiger partial charge < -0.3 is 14.7 Å². The number of nitrogens with zero attached hydrogens (tertiary/aromatic N) is 1. The van der Waals surface area contributed by atoms with Gasteiger partial charge in [0.15, 0.2) is 0 Å². The van der Waals surface area contributed by atoms with Crippen LogP contribution in [0.25, 0.3) is 0 Å². The van der Waals surface area contributed by atoms with E-state index in [1.807, 2.05) is 30.3 Å². The van der Waals surface area contributed by atoms with Gasteiger partial charge in [0.25, 0.3) is 0 Å². The molecule has 0 bridgehead atoms. The number of fused-ring (bicyclic) bond motifs is 2. The molecule has 114 valence electrons. The number of phenolic OH excluding ortho intramolecular Hbond substituents is 1. The summed E-state index contributed by atoms with van der Waals surface area (Å²) in [6.45, 7) is 0. The molecule has 3 aromatic rings. The minimum atomic E-state index is 0.224. The number of hydrogen-bond acceptors (Lipinski definition) is 4. The zero-order chi connectivity index (χ0) is 15.8. The Balaban J connectivity index is 1.98. The fraction of sp³-hybridized carbons (Fsp3) is 0.0526. The third-order valence-corrected chi connectivity index (χ3v) is 4.99. The molecule has 3 aromatic carbocycles. The second-order valence-electron chi connectivity index (χ2n) is 5.23. The van der Waals surface area contributed by atoms with Crippen LogP contribution in [0.1, 0.15) is 0 Å². The van der Waals surface area contributed by atoms with Crippen molar-refractivity contribution in [3.05, 3.63) is 66.7 Å². The molecule has 1 aliphatic rings. The van der Waals surface area contributed by atoms with Gasteiger partial charge in [0, 0.05) is 15.9 Å². The molecule has 4 heteroatoms. The number of rotatable bonds is 2. The van der Waals surface area contributed by atoms with Gasteiger partial charge in [-0.1, -0.05) is 36.0 Å². The number of anilines is 3. The molecular formula is C19H15NO2S. The highest BCUT2D eigenvalue weighted by atomic mass is 32.2. The van der Waals surface area contributed by atoms with E-state index in [1.165, 1.54) is 0 Å². The molecule has 0 spiro atoms. The third kappa shape index (κ3) is 2.32. The highest BCUT2D eigenvalue weighted by molar-refractivity contribution is 7.99. The predicted molar refractivity (Wildman–Crippen MR) is 93.5 cm³/mol. The van der Waals surface area contributed by atoms with Gasteiger partial charge in [0.05, 0.1) is 24.2 Å². The van der Waals surface area contributed by atoms with Gasteiger partial charge in [0.2, 0.25) is 0 Å². The van der Waals surface area contributed by atoms with E-state index in [2.05, 4.69) is 29.2 Å². The van der Waals surface area contributed by atoms with E-state index in [4.69, 9.17) is 4.74 Å². The van der Waals surface area contributed by atoms with Crippen molar-refractivity contribution in [3.8, 4) is 11.5 Å². The maximum Gasteiger partial charge on any atom is 0.139 e. The first-order chi connectivity index (χ1) is 11.3. The quantitative estimate of drug-likeness (QED) is 0.540. The van der Waals surface area contributed by atoms with Crippen LogP contribution in [0, 0.1) is 0 Å². The average molecular weight is 321 g/mol. The van der Waals surface area contributed by atoms with E-state index >= 15 is 0 Å². The summed E-state index contributed by atoms with van der Waals surface area (Å²) >= 11 is 1.74. The lowest BCUT2D eigenvalue weighted by Crippen LogP contribution is -2.14. The van der Waals surface area contributed by atoms with Crippen LogP contribution in [0.5, 0.6) is 11.5 Å². The lowest BCUT2D eigenvalue weighted by atomic mass is 10.1. The van der Waals surface area contributed by atoms with E-state index in [0.29, 0.717) is 11.4 Å². The van der Waals surface area contributed by atoms with Crippen molar-refractivity contribution in [2.24, 2.45) is 0 Å². The van der Waals surface area contributed by atoms with E-state index in [-0.39, 0.29) is 5.75 Å². The van der Waals surface area contributed by atoms with E-state index in [0.717, 1.165) is 21.2 Å². The summed E-state index contributed by atoms with van der Waals surface area (Å²) in [7, 11) is 1.63. The summed E-state index contributed by atoms with van der Waals surface area (Å²) in [6.07, 6.45) is 0. The largest absolute Gasteiger partial charge is 0.506 e. The zero-order valence-corrected chi connectivity index (χ0v) is 13.4. The fourth-order valence-electron chi connectivity index (χ4n) is 2.77. The number of ether oxygens (including phenoxy) is 1. The minimum absolute atomic E-state index is 0.224. The second kappa shape index (κ2) is 5.56. The molecule has 23 heavy (non-hydrogen) atoms. The first kappa shape index (κ1) is 14.0. The Labute approximate surface area is 139 Å². The standard InChI is InChI=1S/C19H15NO2S/c1-22-13-10-11-17(21)16(12-13)20-14-6-2-4-8-18(14)23-19-9-5-3-7-15(19)20/h2-12,21H,1H3. The summed E-state index contributed by atoms with van der Waals surface area (Å²) in [6, 6.07) is 21.7. The van der Waals surface area contributed by atoms with E-state index in [1.54, 1.807) is 31.0 Å². The maximum atomic E-state index is 10.4. The summed E-state index contributed by atoms with van der Waals surface area (Å²) in [5, 5.41) is 10.4. The van der Waals surface area contributed by atoms with Gasteiger partial charge in [-0.15, -0.1) is 0 Å². The monoisotopic (exact) mass is 321 g/mol. The third-order valence-electron chi connectivity index (χ3n) is 3.86. The van der Waals surface area contributed by atoms with Gasteiger partial charge in [-0.25, -0.2) is 0 Å². The van der Waals surface area contributed by atoms with E-state index in [9.17, 15) is 5.11 Å². The van der Waals surface area contributed by atoms with Crippen molar-refractivity contribution in [1.29, 1.82) is 0 Å². The number of hydrogen-bond donors (Lipinski definition) is 1. The van der Waals surface area contributed by atoms with E-state index < -0.39 is 0 Å². The maximum absolute atomic E-state index is 10.4. The van der Waals surface area contributed by atoms with Crippen LogP contribution in [0.4, 0.5) is 17.1 Å². The minimum Gasteiger partial charge on any atom is -0.506 e. The van der Waals surface area contributed by atoms with Gasteiger partial charge in [-0.3, -0.25) is 0 Å². The Morgan fingerprint density at radius 1 is 0.826 bits per heavy atom. The molecule has 1 aliphatic heterocycles. The van der Waals surface area contributed by atoms with Crippen molar-refractivity contribution < 1.29 is 9.84 Å². The summed E-state index contributed by atoms with van der Waals surface area (Å²) in [5.41, 5.74) is 2.82. The Morgan fingerprint density at radius 3 is 2.04 bits per heavy atom. The molecule has 0 saturated heterocycles. The topological polar surface area (TPSA) is 32.7 Å². The first-order valence-corrected chi connectivity index (χ1v) is 8.12. The SMILES string of the molecule is COc1ccc(O)c(N2c3ccccc3Sc3ccccc32)c1. The van der Waals surface area contributed by atoms with Gasteiger partial charge in [-0.05, 0) is 36.4 Å². The van der Waals surface area contributed by atoms with Crippen molar-refractivity contribution in [1.82, 2.24) is 0 Å². The summed E-state index contributed by atoms with van der Waals surface area (Å²) < 4.78 is 5.33. The van der Waals surface area contributed by atoms with Crippen LogP contribution in [0.15, 0.2) is 76.5 Å². The van der Waals surface area contributed by atoms with Crippen molar-refractivity contribution in [2.75, 3.05) is 12.0 Å². The number of para-hydroxylation sites is 2. The van der Waals surface area contributed by atoms with Gasteiger partial charge in [-0.2, -0.15) is 0 Å². The molecule has 0 unspecified atom stereocenters. The molecule has 3 nitrogen and oxygen atoms in total. The molecule has 0 fully saturated rings. The van der Waals surface area contributed by atoms with Crippen LogP contribution in [-0.4, -0.2) is 12.2 Å². The van der Waals surface area contributed by atoms with Crippen LogP contribution in [0.2, 0.25) is 0 Å². The molecule has 0 aliphatic carbocycles. The molecule has 1 heterocycles. The summed E-state index contributed by atoms with van der Waals surface area (Å²) in [4.78, 5) is 4.40. The Kier molecular flexibility index (Phi) is 3.39. The number of benzene rings is 3.